The molecule has 1 aromatic heterocycles. The average molecular weight is 253 g/mol. The molecule has 1 aromatic rings. The highest BCUT2D eigenvalue weighted by molar-refractivity contribution is 5.00. The maximum absolute atomic E-state index is 9.71. The van der Waals surface area contributed by atoms with E-state index in [1.165, 1.54) is 0 Å². The van der Waals surface area contributed by atoms with Crippen LogP contribution in [0.1, 0.15) is 32.2 Å². The van der Waals surface area contributed by atoms with E-state index in [0.717, 1.165) is 11.4 Å². The highest BCUT2D eigenvalue weighted by Gasteiger charge is 2.13. The minimum absolute atomic E-state index is 0.219. The van der Waals surface area contributed by atoms with Gasteiger partial charge in [-0.15, -0.1) is 0 Å². The molecule has 5 nitrogen and oxygen atoms in total. The third-order valence-electron chi connectivity index (χ3n) is 2.23. The van der Waals surface area contributed by atoms with Crippen molar-refractivity contribution in [1.29, 1.82) is 0 Å². The van der Waals surface area contributed by atoms with Gasteiger partial charge in [-0.05, 0) is 27.7 Å². The Morgan fingerprint density at radius 1 is 1.33 bits per heavy atom. The van der Waals surface area contributed by atoms with E-state index in [-0.39, 0.29) is 5.60 Å². The normalized spacial score (nSPS) is 13.6. The van der Waals surface area contributed by atoms with Gasteiger partial charge in [0, 0.05) is 25.5 Å². The van der Waals surface area contributed by atoms with Gasteiger partial charge >= 0.3 is 0 Å². The Morgan fingerprint density at radius 2 is 2.06 bits per heavy atom. The molecule has 0 aliphatic heterocycles. The third-order valence-corrected chi connectivity index (χ3v) is 2.23. The van der Waals surface area contributed by atoms with E-state index < -0.39 is 6.10 Å². The molecule has 0 aliphatic carbocycles. The molecule has 0 saturated heterocycles. The van der Waals surface area contributed by atoms with Gasteiger partial charge in [-0.25, -0.2) is 0 Å². The summed E-state index contributed by atoms with van der Waals surface area (Å²) in [5.41, 5.74) is 1.55. The van der Waals surface area contributed by atoms with Crippen molar-refractivity contribution < 1.29 is 9.84 Å². The lowest BCUT2D eigenvalue weighted by atomic mass is 10.2. The number of hydrogen-bond donors (Lipinski definition) is 2. The summed E-state index contributed by atoms with van der Waals surface area (Å²) < 4.78 is 5.49. The molecular formula is C13H23N3O2. The lowest BCUT2D eigenvalue weighted by Gasteiger charge is -2.22. The van der Waals surface area contributed by atoms with Crippen LogP contribution < -0.4 is 5.32 Å². The fraction of sp³-hybridized carbons (Fsp3) is 0.692. The molecule has 0 amide bonds. The molecule has 5 heteroatoms. The Balaban J connectivity index is 2.19. The number of aromatic nitrogens is 2. The Labute approximate surface area is 109 Å². The van der Waals surface area contributed by atoms with Gasteiger partial charge in [-0.2, -0.15) is 0 Å². The molecule has 0 aliphatic rings. The lowest BCUT2D eigenvalue weighted by molar-refractivity contribution is -0.0479. The summed E-state index contributed by atoms with van der Waals surface area (Å²) >= 11 is 0. The second-order valence-electron chi connectivity index (χ2n) is 5.36. The summed E-state index contributed by atoms with van der Waals surface area (Å²) in [5, 5.41) is 12.8. The Bertz CT molecular complexity index is 346. The van der Waals surface area contributed by atoms with Crippen molar-refractivity contribution in [2.75, 3.05) is 13.2 Å². The van der Waals surface area contributed by atoms with E-state index in [9.17, 15) is 5.11 Å². The zero-order chi connectivity index (χ0) is 13.6. The van der Waals surface area contributed by atoms with Crippen molar-refractivity contribution in [2.24, 2.45) is 0 Å². The first kappa shape index (κ1) is 15.0. The van der Waals surface area contributed by atoms with Gasteiger partial charge in [0.15, 0.2) is 0 Å². The first-order chi connectivity index (χ1) is 8.37. The van der Waals surface area contributed by atoms with Crippen LogP contribution in [0.15, 0.2) is 12.4 Å². The maximum atomic E-state index is 9.71. The first-order valence-corrected chi connectivity index (χ1v) is 6.17. The van der Waals surface area contributed by atoms with Crippen molar-refractivity contribution in [3.63, 3.8) is 0 Å². The quantitative estimate of drug-likeness (QED) is 0.793. The molecule has 2 N–H and O–H groups in total. The maximum Gasteiger partial charge on any atom is 0.0898 e. The molecule has 0 aromatic carbocycles. The Kier molecular flexibility index (Phi) is 5.65. The Morgan fingerprint density at radius 3 is 2.61 bits per heavy atom. The Hall–Kier alpha value is -1.04. The fourth-order valence-corrected chi connectivity index (χ4v) is 1.28. The summed E-state index contributed by atoms with van der Waals surface area (Å²) in [5.74, 6) is 0. The summed E-state index contributed by atoms with van der Waals surface area (Å²) in [6, 6.07) is 0. The molecule has 1 rings (SSSR count). The standard InChI is InChI=1S/C13H23N3O2/c1-10-5-16-11(7-15-10)6-14-8-12(17)9-18-13(2,3)4/h5,7,12,14,17H,6,8-9H2,1-4H3. The summed E-state index contributed by atoms with van der Waals surface area (Å²) in [7, 11) is 0. The first-order valence-electron chi connectivity index (χ1n) is 6.17. The largest absolute Gasteiger partial charge is 0.389 e. The number of nitrogens with one attached hydrogen (secondary N) is 1. The van der Waals surface area contributed by atoms with Crippen LogP contribution >= 0.6 is 0 Å². The molecule has 102 valence electrons. The van der Waals surface area contributed by atoms with Crippen LogP contribution in [-0.4, -0.2) is 39.9 Å². The summed E-state index contributed by atoms with van der Waals surface area (Å²) in [6.45, 7) is 9.21. The summed E-state index contributed by atoms with van der Waals surface area (Å²) in [4.78, 5) is 8.38. The van der Waals surface area contributed by atoms with Crippen molar-refractivity contribution in [3.8, 4) is 0 Å². The van der Waals surface area contributed by atoms with Crippen LogP contribution in [0, 0.1) is 6.92 Å². The molecule has 0 saturated carbocycles. The predicted molar refractivity (Wildman–Crippen MR) is 70.2 cm³/mol. The molecule has 0 bridgehead atoms. The minimum atomic E-state index is -0.511. The molecule has 0 radical (unpaired) electrons. The van der Waals surface area contributed by atoms with Gasteiger partial charge in [0.1, 0.15) is 0 Å². The highest BCUT2D eigenvalue weighted by Crippen LogP contribution is 2.06. The van der Waals surface area contributed by atoms with Gasteiger partial charge in [0.25, 0.3) is 0 Å². The molecular weight excluding hydrogens is 230 g/mol. The van der Waals surface area contributed by atoms with Gasteiger partial charge < -0.3 is 15.2 Å². The van der Waals surface area contributed by atoms with Gasteiger partial charge in [0.05, 0.1) is 29.7 Å². The SMILES string of the molecule is Cc1cnc(CNCC(O)COC(C)(C)C)cn1. The highest BCUT2D eigenvalue weighted by atomic mass is 16.5. The topological polar surface area (TPSA) is 67.3 Å². The molecule has 0 spiro atoms. The van der Waals surface area contributed by atoms with E-state index in [4.69, 9.17) is 4.74 Å². The van der Waals surface area contributed by atoms with E-state index in [0.29, 0.717) is 19.7 Å². The minimum Gasteiger partial charge on any atom is -0.389 e. The number of rotatable bonds is 6. The van der Waals surface area contributed by atoms with Crippen LogP contribution in [0.25, 0.3) is 0 Å². The van der Waals surface area contributed by atoms with Crippen molar-refractivity contribution >= 4 is 0 Å². The smallest absolute Gasteiger partial charge is 0.0898 e. The van der Waals surface area contributed by atoms with E-state index in [2.05, 4.69) is 15.3 Å². The molecule has 1 atom stereocenters. The van der Waals surface area contributed by atoms with E-state index in [1.807, 2.05) is 27.7 Å². The third kappa shape index (κ3) is 6.64. The average Bonchev–Trinajstić information content (AvgIpc) is 2.28. The number of ether oxygens (including phenoxy) is 1. The van der Waals surface area contributed by atoms with Crippen LogP contribution in [-0.2, 0) is 11.3 Å². The van der Waals surface area contributed by atoms with Gasteiger partial charge in [0.2, 0.25) is 0 Å². The fourth-order valence-electron chi connectivity index (χ4n) is 1.28. The number of aryl methyl sites for hydroxylation is 1. The van der Waals surface area contributed by atoms with Crippen LogP contribution in [0.3, 0.4) is 0 Å². The zero-order valence-electron chi connectivity index (χ0n) is 11.6. The van der Waals surface area contributed by atoms with Crippen molar-refractivity contribution in [2.45, 2.75) is 45.9 Å². The monoisotopic (exact) mass is 253 g/mol. The number of aliphatic hydroxyl groups excluding tert-OH is 1. The van der Waals surface area contributed by atoms with E-state index in [1.54, 1.807) is 12.4 Å². The van der Waals surface area contributed by atoms with Crippen molar-refractivity contribution in [3.05, 3.63) is 23.8 Å². The van der Waals surface area contributed by atoms with Crippen LogP contribution in [0.5, 0.6) is 0 Å². The molecule has 1 heterocycles. The van der Waals surface area contributed by atoms with Crippen molar-refractivity contribution in [1.82, 2.24) is 15.3 Å². The van der Waals surface area contributed by atoms with Crippen LogP contribution in [0.4, 0.5) is 0 Å². The summed E-state index contributed by atoms with van der Waals surface area (Å²) in [6.07, 6.45) is 2.96. The second kappa shape index (κ2) is 6.78. The number of nitrogens with zero attached hydrogens (tertiary/aromatic N) is 2. The van der Waals surface area contributed by atoms with Crippen LogP contribution in [0.2, 0.25) is 0 Å². The molecule has 0 fully saturated rings. The second-order valence-corrected chi connectivity index (χ2v) is 5.36. The van der Waals surface area contributed by atoms with Gasteiger partial charge in [-0.3, -0.25) is 9.97 Å². The molecule has 18 heavy (non-hydrogen) atoms. The predicted octanol–water partition coefficient (Wildman–Crippen LogP) is 1.05. The lowest BCUT2D eigenvalue weighted by Crippen LogP contribution is -2.33. The van der Waals surface area contributed by atoms with Gasteiger partial charge in [-0.1, -0.05) is 0 Å². The van der Waals surface area contributed by atoms with E-state index >= 15 is 0 Å². The number of aliphatic hydroxyl groups is 1. The number of hydrogen-bond acceptors (Lipinski definition) is 5. The zero-order valence-corrected chi connectivity index (χ0v) is 11.6. The molecule has 1 unspecified atom stereocenters.